The van der Waals surface area contributed by atoms with Gasteiger partial charge in [0, 0.05) is 22.8 Å². The number of methoxy groups -OCH3 is 1. The summed E-state index contributed by atoms with van der Waals surface area (Å²) in [5.41, 5.74) is 4.29. The molecule has 1 aliphatic rings. The van der Waals surface area contributed by atoms with Gasteiger partial charge in [0.25, 0.3) is 0 Å². The number of fused-ring (bicyclic) bond motifs is 2. The standard InChI is InChI=1S/C36H34N4O4/c1-38(2)34(24-17-19-27(44-3)20-18-24)33(41)23-39-31-15-9-10-16-32(31)40(26-11-5-4-6-12-26)36(43)29(35(39)42)21-25-22-37-30-14-8-7-13-28(25)30/h4-20,22,29,34,37H,21,23H2,1-3H3. The maximum atomic E-state index is 14.6. The van der Waals surface area contributed by atoms with Crippen LogP contribution in [-0.4, -0.2) is 55.2 Å². The van der Waals surface area contributed by atoms with Crippen molar-refractivity contribution < 1.29 is 19.1 Å². The molecule has 0 spiro atoms. The van der Waals surface area contributed by atoms with Gasteiger partial charge in [-0.1, -0.05) is 60.7 Å². The fourth-order valence-electron chi connectivity index (χ4n) is 6.07. The van der Waals surface area contributed by atoms with E-state index in [2.05, 4.69) is 4.98 Å². The van der Waals surface area contributed by atoms with Gasteiger partial charge in [0.1, 0.15) is 11.7 Å². The van der Waals surface area contributed by atoms with Crippen molar-refractivity contribution in [2.45, 2.75) is 12.5 Å². The Kier molecular flexibility index (Phi) is 8.00. The van der Waals surface area contributed by atoms with Gasteiger partial charge in [-0.2, -0.15) is 0 Å². The third-order valence-corrected chi connectivity index (χ3v) is 8.18. The number of likely N-dealkylation sites (N-methyl/N-ethyl adjacent to an activating group) is 1. The van der Waals surface area contributed by atoms with E-state index in [1.165, 1.54) is 4.90 Å². The average Bonchev–Trinajstić information content (AvgIpc) is 3.43. The minimum atomic E-state index is -1.06. The van der Waals surface area contributed by atoms with Crippen LogP contribution >= 0.6 is 0 Å². The van der Waals surface area contributed by atoms with Crippen LogP contribution in [0.15, 0.2) is 109 Å². The molecule has 2 amide bonds. The van der Waals surface area contributed by atoms with Gasteiger partial charge in [-0.25, -0.2) is 0 Å². The molecule has 2 heterocycles. The van der Waals surface area contributed by atoms with Crippen LogP contribution in [0.2, 0.25) is 0 Å². The highest BCUT2D eigenvalue weighted by atomic mass is 16.5. The number of benzene rings is 4. The number of aromatic nitrogens is 1. The zero-order valence-electron chi connectivity index (χ0n) is 24.9. The first-order valence-electron chi connectivity index (χ1n) is 14.5. The monoisotopic (exact) mass is 586 g/mol. The second-order valence-electron chi connectivity index (χ2n) is 11.1. The van der Waals surface area contributed by atoms with Crippen molar-refractivity contribution in [2.24, 2.45) is 5.92 Å². The highest BCUT2D eigenvalue weighted by Gasteiger charge is 2.42. The first-order valence-corrected chi connectivity index (χ1v) is 14.5. The number of carbonyl (C=O) groups is 3. The molecular weight excluding hydrogens is 552 g/mol. The molecule has 0 bridgehead atoms. The third kappa shape index (κ3) is 5.36. The Hall–Kier alpha value is -5.21. The molecular formula is C36H34N4O4. The number of ketones is 1. The van der Waals surface area contributed by atoms with E-state index in [0.29, 0.717) is 22.8 Å². The number of amides is 2. The predicted molar refractivity (Wildman–Crippen MR) is 172 cm³/mol. The van der Waals surface area contributed by atoms with Crippen molar-refractivity contribution in [3.05, 3.63) is 120 Å². The predicted octanol–water partition coefficient (Wildman–Crippen LogP) is 5.92. The summed E-state index contributed by atoms with van der Waals surface area (Å²) < 4.78 is 5.31. The van der Waals surface area contributed by atoms with Crippen molar-refractivity contribution in [1.82, 2.24) is 9.88 Å². The number of nitrogens with one attached hydrogen (secondary N) is 1. The Labute approximate surface area is 256 Å². The highest BCUT2D eigenvalue weighted by molar-refractivity contribution is 6.21. The van der Waals surface area contributed by atoms with E-state index >= 15 is 0 Å². The number of Topliss-reactive ketones (excluding diaryl/α,β-unsaturated/α-hetero) is 1. The number of rotatable bonds is 9. The molecule has 5 aromatic rings. The number of anilines is 3. The van der Waals surface area contributed by atoms with Crippen LogP contribution in [-0.2, 0) is 20.8 Å². The number of H-pyrrole nitrogens is 1. The normalized spacial score (nSPS) is 15.8. The molecule has 1 aromatic heterocycles. The summed E-state index contributed by atoms with van der Waals surface area (Å²) in [6.07, 6.45) is 2.04. The molecule has 0 fully saturated rings. The van der Waals surface area contributed by atoms with Crippen LogP contribution in [0.4, 0.5) is 17.1 Å². The summed E-state index contributed by atoms with van der Waals surface area (Å²) in [6.45, 7) is -0.203. The molecule has 1 aliphatic heterocycles. The lowest BCUT2D eigenvalue weighted by atomic mass is 9.95. The summed E-state index contributed by atoms with van der Waals surface area (Å²) >= 11 is 0. The molecule has 0 saturated carbocycles. The lowest BCUT2D eigenvalue weighted by molar-refractivity contribution is -0.133. The van der Waals surface area contributed by atoms with E-state index in [-0.39, 0.29) is 24.7 Å². The zero-order chi connectivity index (χ0) is 30.8. The summed E-state index contributed by atoms with van der Waals surface area (Å²) in [5, 5.41) is 0.955. The first kappa shape index (κ1) is 28.9. The minimum absolute atomic E-state index is 0.172. The Morgan fingerprint density at radius 2 is 1.50 bits per heavy atom. The summed E-state index contributed by atoms with van der Waals surface area (Å²) in [5.74, 6) is -1.29. The Morgan fingerprint density at radius 3 is 2.20 bits per heavy atom. The number of nitrogens with zero attached hydrogens (tertiary/aromatic N) is 3. The second-order valence-corrected chi connectivity index (χ2v) is 11.1. The molecule has 2 unspecified atom stereocenters. The molecule has 222 valence electrons. The van der Waals surface area contributed by atoms with E-state index in [1.54, 1.807) is 18.1 Å². The van der Waals surface area contributed by atoms with E-state index in [1.807, 2.05) is 122 Å². The maximum Gasteiger partial charge on any atom is 0.244 e. The topological polar surface area (TPSA) is 85.9 Å². The molecule has 0 radical (unpaired) electrons. The van der Waals surface area contributed by atoms with Crippen LogP contribution in [0.3, 0.4) is 0 Å². The van der Waals surface area contributed by atoms with E-state index in [4.69, 9.17) is 4.74 Å². The van der Waals surface area contributed by atoms with Gasteiger partial charge < -0.3 is 14.6 Å². The fourth-order valence-corrected chi connectivity index (χ4v) is 6.07. The summed E-state index contributed by atoms with van der Waals surface area (Å²) in [4.78, 5) is 51.4. The van der Waals surface area contributed by atoms with Crippen LogP contribution in [0.5, 0.6) is 5.75 Å². The molecule has 6 rings (SSSR count). The number of carbonyl (C=O) groups excluding carboxylic acids is 3. The number of ether oxygens (including phenoxy) is 1. The first-order chi connectivity index (χ1) is 21.4. The van der Waals surface area contributed by atoms with E-state index in [0.717, 1.165) is 22.0 Å². The SMILES string of the molecule is COc1ccc(C(C(=O)CN2C(=O)C(Cc3c[nH]c4ccccc34)C(=O)N(c3ccccc3)c3ccccc32)N(C)C)cc1. The van der Waals surface area contributed by atoms with Gasteiger partial charge in [0.15, 0.2) is 5.78 Å². The molecule has 44 heavy (non-hydrogen) atoms. The minimum Gasteiger partial charge on any atom is -0.497 e. The fraction of sp³-hybridized carbons (Fsp3) is 0.194. The zero-order valence-corrected chi connectivity index (χ0v) is 24.9. The Morgan fingerprint density at radius 1 is 0.841 bits per heavy atom. The molecule has 0 saturated heterocycles. The van der Waals surface area contributed by atoms with Crippen molar-refractivity contribution in [1.29, 1.82) is 0 Å². The van der Waals surface area contributed by atoms with Crippen LogP contribution in [0.1, 0.15) is 17.2 Å². The van der Waals surface area contributed by atoms with Crippen LogP contribution in [0.25, 0.3) is 10.9 Å². The van der Waals surface area contributed by atoms with Crippen LogP contribution < -0.4 is 14.5 Å². The van der Waals surface area contributed by atoms with Gasteiger partial charge in [-0.15, -0.1) is 0 Å². The van der Waals surface area contributed by atoms with E-state index < -0.39 is 17.9 Å². The molecule has 2 atom stereocenters. The smallest absolute Gasteiger partial charge is 0.244 e. The molecule has 0 aliphatic carbocycles. The highest BCUT2D eigenvalue weighted by Crippen LogP contribution is 2.40. The molecule has 8 nitrogen and oxygen atoms in total. The Balaban J connectivity index is 1.44. The number of aromatic amines is 1. The molecule has 8 heteroatoms. The number of hydrogen-bond acceptors (Lipinski definition) is 5. The van der Waals surface area contributed by atoms with Gasteiger partial charge in [-0.05, 0) is 74.1 Å². The van der Waals surface area contributed by atoms with Crippen molar-refractivity contribution in [3.63, 3.8) is 0 Å². The van der Waals surface area contributed by atoms with Crippen LogP contribution in [0, 0.1) is 5.92 Å². The van der Waals surface area contributed by atoms with Gasteiger partial charge in [-0.3, -0.25) is 24.2 Å². The summed E-state index contributed by atoms with van der Waals surface area (Å²) in [7, 11) is 5.27. The molecule has 4 aromatic carbocycles. The largest absolute Gasteiger partial charge is 0.497 e. The summed E-state index contributed by atoms with van der Waals surface area (Å²) in [6, 6.07) is 31.2. The van der Waals surface area contributed by atoms with Crippen molar-refractivity contribution in [2.75, 3.05) is 37.5 Å². The van der Waals surface area contributed by atoms with Gasteiger partial charge >= 0.3 is 0 Å². The maximum absolute atomic E-state index is 14.6. The van der Waals surface area contributed by atoms with Crippen molar-refractivity contribution >= 4 is 45.6 Å². The van der Waals surface area contributed by atoms with Gasteiger partial charge in [0.05, 0.1) is 31.1 Å². The second kappa shape index (κ2) is 12.2. The third-order valence-electron chi connectivity index (χ3n) is 8.18. The van der Waals surface area contributed by atoms with Gasteiger partial charge in [0.2, 0.25) is 11.8 Å². The lowest BCUT2D eigenvalue weighted by Crippen LogP contribution is -2.45. The number of para-hydroxylation sites is 4. The van der Waals surface area contributed by atoms with E-state index in [9.17, 15) is 14.4 Å². The Bertz CT molecular complexity index is 1810. The lowest BCUT2D eigenvalue weighted by Gasteiger charge is -2.29. The molecule has 1 N–H and O–H groups in total. The quantitative estimate of drug-likeness (QED) is 0.217. The average molecular weight is 587 g/mol. The number of hydrogen-bond donors (Lipinski definition) is 1. The van der Waals surface area contributed by atoms with Crippen molar-refractivity contribution in [3.8, 4) is 5.75 Å².